The second-order valence-electron chi connectivity index (χ2n) is 18.9. The van der Waals surface area contributed by atoms with Gasteiger partial charge in [-0.1, -0.05) is 194 Å². The molecule has 0 fully saturated rings. The van der Waals surface area contributed by atoms with Gasteiger partial charge in [0.25, 0.3) is 0 Å². The molecule has 0 aliphatic heterocycles. The highest BCUT2D eigenvalue weighted by atomic mass is 14.7. The van der Waals surface area contributed by atoms with Crippen molar-refractivity contribution in [2.45, 2.75) is 13.8 Å². The smallest absolute Gasteiger partial charge is 0.0702 e. The third-order valence-corrected chi connectivity index (χ3v) is 14.2. The van der Waals surface area contributed by atoms with Crippen molar-refractivity contribution in [2.24, 2.45) is 0 Å². The highest BCUT2D eigenvalue weighted by molar-refractivity contribution is 5.97. The molecule has 0 saturated heterocycles. The average molecular weight is 946 g/mol. The topological polar surface area (TPSA) is 38.7 Å². The van der Waals surface area contributed by atoms with Crippen LogP contribution in [-0.4, -0.2) is 15.0 Å². The number of nitrogens with zero attached hydrogens (tertiary/aromatic N) is 3. The van der Waals surface area contributed by atoms with E-state index in [1.54, 1.807) is 0 Å². The summed E-state index contributed by atoms with van der Waals surface area (Å²) in [7, 11) is 0. The minimum Gasteiger partial charge on any atom is -0.256 e. The summed E-state index contributed by atoms with van der Waals surface area (Å²) in [5.74, 6) is 0. The van der Waals surface area contributed by atoms with E-state index < -0.39 is 0 Å². The molecule has 3 aromatic heterocycles. The fourth-order valence-corrected chi connectivity index (χ4v) is 10.2. The Kier molecular flexibility index (Phi) is 12.5. The number of aromatic nitrogens is 3. The first-order valence-electron chi connectivity index (χ1n) is 25.2. The zero-order valence-corrected chi connectivity index (χ0v) is 41.3. The monoisotopic (exact) mass is 945 g/mol. The molecule has 0 aliphatic rings. The molecule has 74 heavy (non-hydrogen) atoms. The van der Waals surface area contributed by atoms with E-state index in [1.165, 1.54) is 33.4 Å². The van der Waals surface area contributed by atoms with Crippen LogP contribution in [0.3, 0.4) is 0 Å². The summed E-state index contributed by atoms with van der Waals surface area (Å²) in [5.41, 5.74) is 27.0. The maximum absolute atomic E-state index is 4.78. The molecule has 3 heterocycles. The summed E-state index contributed by atoms with van der Waals surface area (Å²) < 4.78 is 0. The Morgan fingerprint density at radius 3 is 0.986 bits per heavy atom. The van der Waals surface area contributed by atoms with Crippen LogP contribution < -0.4 is 0 Å². The normalized spacial score (nSPS) is 11.1. The lowest BCUT2D eigenvalue weighted by molar-refractivity contribution is 1.32. The lowest BCUT2D eigenvalue weighted by Gasteiger charge is -2.20. The summed E-state index contributed by atoms with van der Waals surface area (Å²) in [4.78, 5) is 14.1. The Hall–Kier alpha value is -9.57. The van der Waals surface area contributed by atoms with Crippen molar-refractivity contribution in [1.29, 1.82) is 0 Å². The second-order valence-corrected chi connectivity index (χ2v) is 18.9. The van der Waals surface area contributed by atoms with Crippen molar-refractivity contribution in [2.75, 3.05) is 0 Å². The molecule has 0 aliphatic carbocycles. The standard InChI is InChI=1S/C71H51N3/c1-48-42-66(53-31-35-56(36-32-53)70-23-11-14-40-73-70)67(43-49(48)2)60-45-58(62-19-7-6-18-61(62)52-29-33-55(34-30-52)69-22-10-13-39-72-69)44-59(46-60)63-20-8-9-21-64(63)65-38-37-57(71-24-12-15-41-74-71)47-68(65)54-27-25-51(26-28-54)50-16-4-3-5-17-50/h3-47H,1-2H3. The van der Waals surface area contributed by atoms with E-state index in [9.17, 15) is 0 Å². The Labute approximate surface area is 433 Å². The Morgan fingerprint density at radius 1 is 0.189 bits per heavy atom. The van der Waals surface area contributed by atoms with E-state index in [2.05, 4.69) is 248 Å². The molecular weight excluding hydrogens is 895 g/mol. The molecule has 0 spiro atoms. The van der Waals surface area contributed by atoms with Crippen LogP contribution in [0, 0.1) is 13.8 Å². The van der Waals surface area contributed by atoms with Gasteiger partial charge < -0.3 is 0 Å². The van der Waals surface area contributed by atoms with Crippen LogP contribution in [0.15, 0.2) is 273 Å². The van der Waals surface area contributed by atoms with Gasteiger partial charge in [0.05, 0.1) is 17.1 Å². The summed E-state index contributed by atoms with van der Waals surface area (Å²) in [6, 6.07) is 91.9. The quantitative estimate of drug-likeness (QED) is 0.130. The summed E-state index contributed by atoms with van der Waals surface area (Å²) in [5, 5.41) is 0. The van der Waals surface area contributed by atoms with E-state index in [1.807, 2.05) is 48.9 Å². The third kappa shape index (κ3) is 9.27. The maximum Gasteiger partial charge on any atom is 0.0702 e. The van der Waals surface area contributed by atoms with Gasteiger partial charge in [-0.2, -0.15) is 0 Å². The van der Waals surface area contributed by atoms with Crippen molar-refractivity contribution in [3.8, 4) is 123 Å². The average Bonchev–Trinajstić information content (AvgIpc) is 3.48. The van der Waals surface area contributed by atoms with Crippen LogP contribution in [0.5, 0.6) is 0 Å². The third-order valence-electron chi connectivity index (χ3n) is 14.2. The Morgan fingerprint density at radius 2 is 0.500 bits per heavy atom. The molecule has 0 saturated carbocycles. The van der Waals surface area contributed by atoms with Crippen LogP contribution in [0.4, 0.5) is 0 Å². The molecule has 0 atom stereocenters. The SMILES string of the molecule is Cc1cc(-c2ccc(-c3ccccn3)cc2)c(-c2cc(-c3ccccc3-c3ccc(-c4ccccn4)cc3)cc(-c3ccccc3-c3ccc(-c4ccccn4)cc3-c3ccc(-c4ccccc4)cc3)c2)cc1C. The zero-order valence-electron chi connectivity index (χ0n) is 41.3. The fraction of sp³-hybridized carbons (Fsp3) is 0.0282. The van der Waals surface area contributed by atoms with Gasteiger partial charge in [0.1, 0.15) is 0 Å². The number of aryl methyl sites for hydroxylation is 2. The molecule has 12 aromatic rings. The van der Waals surface area contributed by atoms with Crippen LogP contribution in [0.1, 0.15) is 11.1 Å². The van der Waals surface area contributed by atoms with E-state index >= 15 is 0 Å². The highest BCUT2D eigenvalue weighted by Crippen LogP contribution is 2.45. The maximum atomic E-state index is 4.78. The van der Waals surface area contributed by atoms with Crippen molar-refractivity contribution < 1.29 is 0 Å². The van der Waals surface area contributed by atoms with E-state index in [0.717, 1.165) is 101 Å². The van der Waals surface area contributed by atoms with Gasteiger partial charge in [-0.05, 0) is 175 Å². The number of benzene rings is 9. The molecule has 0 N–H and O–H groups in total. The lowest BCUT2D eigenvalue weighted by Crippen LogP contribution is -1.95. The Balaban J connectivity index is 1.05. The van der Waals surface area contributed by atoms with Crippen molar-refractivity contribution in [3.63, 3.8) is 0 Å². The summed E-state index contributed by atoms with van der Waals surface area (Å²) in [6.45, 7) is 4.43. The molecule has 3 heteroatoms. The van der Waals surface area contributed by atoms with Gasteiger partial charge in [-0.3, -0.25) is 15.0 Å². The van der Waals surface area contributed by atoms with Crippen molar-refractivity contribution in [3.05, 3.63) is 285 Å². The number of hydrogen-bond donors (Lipinski definition) is 0. The molecule has 3 nitrogen and oxygen atoms in total. The molecule has 12 rings (SSSR count). The fourth-order valence-electron chi connectivity index (χ4n) is 10.2. The van der Waals surface area contributed by atoms with Gasteiger partial charge >= 0.3 is 0 Å². The van der Waals surface area contributed by atoms with Crippen LogP contribution in [0.25, 0.3) is 123 Å². The first kappa shape index (κ1) is 45.6. The summed E-state index contributed by atoms with van der Waals surface area (Å²) in [6.07, 6.45) is 5.57. The molecule has 9 aromatic carbocycles. The second kappa shape index (κ2) is 20.3. The molecular formula is C71H51N3. The van der Waals surface area contributed by atoms with Crippen LogP contribution in [-0.2, 0) is 0 Å². The predicted octanol–water partition coefficient (Wildman–Crippen LogP) is 18.8. The predicted molar refractivity (Wildman–Crippen MR) is 309 cm³/mol. The van der Waals surface area contributed by atoms with Gasteiger partial charge in [-0.25, -0.2) is 0 Å². The first-order valence-corrected chi connectivity index (χ1v) is 25.2. The van der Waals surface area contributed by atoms with Crippen LogP contribution >= 0.6 is 0 Å². The highest BCUT2D eigenvalue weighted by Gasteiger charge is 2.20. The van der Waals surface area contributed by atoms with E-state index in [4.69, 9.17) is 4.98 Å². The van der Waals surface area contributed by atoms with Crippen molar-refractivity contribution >= 4 is 0 Å². The zero-order chi connectivity index (χ0) is 49.8. The van der Waals surface area contributed by atoms with Crippen molar-refractivity contribution in [1.82, 2.24) is 15.0 Å². The van der Waals surface area contributed by atoms with E-state index in [0.29, 0.717) is 0 Å². The molecule has 350 valence electrons. The molecule has 0 bridgehead atoms. The lowest BCUT2D eigenvalue weighted by atomic mass is 9.84. The minimum atomic E-state index is 0.937. The van der Waals surface area contributed by atoms with Crippen LogP contribution in [0.2, 0.25) is 0 Å². The largest absolute Gasteiger partial charge is 0.256 e. The van der Waals surface area contributed by atoms with Gasteiger partial charge in [-0.15, -0.1) is 0 Å². The first-order chi connectivity index (χ1) is 36.5. The van der Waals surface area contributed by atoms with Gasteiger partial charge in [0, 0.05) is 35.3 Å². The van der Waals surface area contributed by atoms with E-state index in [-0.39, 0.29) is 0 Å². The number of pyridine rings is 3. The number of hydrogen-bond acceptors (Lipinski definition) is 3. The Bertz CT molecular complexity index is 3910. The summed E-state index contributed by atoms with van der Waals surface area (Å²) >= 11 is 0. The van der Waals surface area contributed by atoms with Gasteiger partial charge in [0.15, 0.2) is 0 Å². The van der Waals surface area contributed by atoms with Gasteiger partial charge in [0.2, 0.25) is 0 Å². The molecule has 0 radical (unpaired) electrons. The number of rotatable bonds is 11. The molecule has 0 unspecified atom stereocenters. The molecule has 0 amide bonds. The minimum absolute atomic E-state index is 0.937.